The van der Waals surface area contributed by atoms with Crippen LogP contribution in [0, 0.1) is 17.0 Å². The summed E-state index contributed by atoms with van der Waals surface area (Å²) < 4.78 is 5.64. The molecule has 0 radical (unpaired) electrons. The predicted molar refractivity (Wildman–Crippen MR) is 105 cm³/mol. The Morgan fingerprint density at radius 1 is 1.15 bits per heavy atom. The minimum atomic E-state index is -0.367. The fourth-order valence-corrected chi connectivity index (χ4v) is 3.99. The van der Waals surface area contributed by atoms with Crippen LogP contribution in [0.4, 0.5) is 11.4 Å². The number of nitro benzene ring substituents is 1. The maximum Gasteiger partial charge on any atom is 0.269 e. The van der Waals surface area contributed by atoms with Crippen LogP contribution < -0.4 is 4.90 Å². The van der Waals surface area contributed by atoms with Crippen LogP contribution in [-0.2, 0) is 6.54 Å². The van der Waals surface area contributed by atoms with Gasteiger partial charge in [0.2, 0.25) is 0 Å². The molecule has 1 aliphatic heterocycles. The van der Waals surface area contributed by atoms with E-state index in [1.165, 1.54) is 0 Å². The minimum absolute atomic E-state index is 0.128. The topological polar surface area (TPSA) is 75.7 Å². The summed E-state index contributed by atoms with van der Waals surface area (Å²) in [7, 11) is 0. The molecule has 27 heavy (non-hydrogen) atoms. The normalized spacial score (nSPS) is 15.2. The van der Waals surface area contributed by atoms with Crippen molar-refractivity contribution in [1.29, 1.82) is 0 Å². The molecule has 0 unspecified atom stereocenters. The first-order valence-corrected chi connectivity index (χ1v) is 9.69. The van der Waals surface area contributed by atoms with Crippen molar-refractivity contribution in [2.24, 2.45) is 0 Å². The highest BCUT2D eigenvalue weighted by molar-refractivity contribution is 7.13. The lowest BCUT2D eigenvalue weighted by atomic mass is 10.2. The first-order valence-electron chi connectivity index (χ1n) is 8.81. The van der Waals surface area contributed by atoms with Crippen molar-refractivity contribution in [1.82, 2.24) is 9.88 Å². The summed E-state index contributed by atoms with van der Waals surface area (Å²) in [6, 6.07) is 10.7. The number of hydrogen-bond acceptors (Lipinski definition) is 7. The number of nitrogens with zero attached hydrogens (tertiary/aromatic N) is 4. The van der Waals surface area contributed by atoms with Crippen molar-refractivity contribution in [2.45, 2.75) is 13.5 Å². The number of anilines is 1. The third kappa shape index (κ3) is 4.01. The van der Waals surface area contributed by atoms with E-state index in [4.69, 9.17) is 9.40 Å². The number of piperazine rings is 1. The van der Waals surface area contributed by atoms with Crippen LogP contribution in [-0.4, -0.2) is 41.0 Å². The fraction of sp³-hybridized carbons (Fsp3) is 0.316. The second kappa shape index (κ2) is 7.50. The van der Waals surface area contributed by atoms with Gasteiger partial charge in [0.15, 0.2) is 10.8 Å². The van der Waals surface area contributed by atoms with Gasteiger partial charge in [-0.3, -0.25) is 15.0 Å². The Kier molecular flexibility index (Phi) is 4.91. The van der Waals surface area contributed by atoms with Gasteiger partial charge in [-0.2, -0.15) is 0 Å². The lowest BCUT2D eigenvalue weighted by Crippen LogP contribution is -2.46. The van der Waals surface area contributed by atoms with E-state index in [9.17, 15) is 10.1 Å². The first-order chi connectivity index (χ1) is 13.1. The third-order valence-corrected chi connectivity index (χ3v) is 5.59. The zero-order valence-electron chi connectivity index (χ0n) is 15.0. The zero-order valence-corrected chi connectivity index (χ0v) is 15.8. The van der Waals surface area contributed by atoms with Crippen LogP contribution >= 0.6 is 11.3 Å². The highest BCUT2D eigenvalue weighted by atomic mass is 32.1. The summed E-state index contributed by atoms with van der Waals surface area (Å²) in [6.45, 7) is 6.42. The Morgan fingerprint density at radius 3 is 2.52 bits per heavy atom. The Bertz CT molecular complexity index is 927. The van der Waals surface area contributed by atoms with Gasteiger partial charge in [0.1, 0.15) is 5.76 Å². The van der Waals surface area contributed by atoms with Gasteiger partial charge in [-0.15, -0.1) is 11.3 Å². The molecule has 2 aromatic heterocycles. The van der Waals surface area contributed by atoms with Crippen LogP contribution in [0.2, 0.25) is 0 Å². The number of non-ortho nitro benzene ring substituents is 1. The Hall–Kier alpha value is -2.71. The highest BCUT2D eigenvalue weighted by Crippen LogP contribution is 2.26. The molecule has 1 fully saturated rings. The molecule has 7 nitrogen and oxygen atoms in total. The summed E-state index contributed by atoms with van der Waals surface area (Å²) in [5.41, 5.74) is 2.22. The maximum absolute atomic E-state index is 10.8. The molecule has 3 aromatic rings. The molecule has 0 atom stereocenters. The highest BCUT2D eigenvalue weighted by Gasteiger charge is 2.19. The molecule has 4 rings (SSSR count). The summed E-state index contributed by atoms with van der Waals surface area (Å²) in [5, 5.41) is 13.8. The molecule has 3 heterocycles. The number of benzene rings is 1. The van der Waals surface area contributed by atoms with E-state index in [-0.39, 0.29) is 10.6 Å². The van der Waals surface area contributed by atoms with Gasteiger partial charge in [-0.25, -0.2) is 4.98 Å². The number of thiazole rings is 1. The smallest absolute Gasteiger partial charge is 0.269 e. The van der Waals surface area contributed by atoms with E-state index < -0.39 is 0 Å². The number of aryl methyl sites for hydroxylation is 1. The molecule has 0 aliphatic carbocycles. The van der Waals surface area contributed by atoms with E-state index in [0.717, 1.165) is 60.6 Å². The Morgan fingerprint density at radius 2 is 1.89 bits per heavy atom. The largest absolute Gasteiger partial charge is 0.459 e. The molecule has 140 valence electrons. The molecule has 0 bridgehead atoms. The van der Waals surface area contributed by atoms with Crippen LogP contribution in [0.1, 0.15) is 11.5 Å². The number of hydrogen-bond donors (Lipinski definition) is 0. The molecule has 0 amide bonds. The molecule has 1 saturated heterocycles. The molecule has 0 N–H and O–H groups in total. The van der Waals surface area contributed by atoms with E-state index in [0.29, 0.717) is 0 Å². The SMILES string of the molecule is Cc1ccc(-c2nc(CN3CCN(c4ccc([N+](=O)[O-])cc4)CC3)cs2)o1. The molecule has 1 aliphatic rings. The monoisotopic (exact) mass is 384 g/mol. The van der Waals surface area contributed by atoms with Crippen LogP contribution in [0.3, 0.4) is 0 Å². The minimum Gasteiger partial charge on any atom is -0.459 e. The number of rotatable bonds is 5. The molecule has 0 spiro atoms. The van der Waals surface area contributed by atoms with Crippen LogP contribution in [0.5, 0.6) is 0 Å². The molecular formula is C19H20N4O3S. The zero-order chi connectivity index (χ0) is 18.8. The van der Waals surface area contributed by atoms with Crippen molar-refractivity contribution in [3.63, 3.8) is 0 Å². The molecule has 8 heteroatoms. The molecule has 0 saturated carbocycles. The first kappa shape index (κ1) is 17.7. The third-order valence-electron chi connectivity index (χ3n) is 4.69. The van der Waals surface area contributed by atoms with Gasteiger partial charge < -0.3 is 9.32 Å². The van der Waals surface area contributed by atoms with Gasteiger partial charge in [-0.1, -0.05) is 0 Å². The Balaban J connectivity index is 1.33. The average molecular weight is 384 g/mol. The number of nitro groups is 1. The Labute approximate surface area is 161 Å². The van der Waals surface area contributed by atoms with Crippen molar-refractivity contribution in [3.05, 3.63) is 63.3 Å². The van der Waals surface area contributed by atoms with Gasteiger partial charge >= 0.3 is 0 Å². The van der Waals surface area contributed by atoms with Gasteiger partial charge in [-0.05, 0) is 31.2 Å². The molecular weight excluding hydrogens is 364 g/mol. The number of furan rings is 1. The maximum atomic E-state index is 10.8. The summed E-state index contributed by atoms with van der Waals surface area (Å²) in [5.74, 6) is 1.72. The van der Waals surface area contributed by atoms with Gasteiger partial charge in [0.05, 0.1) is 10.6 Å². The van der Waals surface area contributed by atoms with Crippen LogP contribution in [0.15, 0.2) is 46.2 Å². The van der Waals surface area contributed by atoms with Crippen molar-refractivity contribution >= 4 is 22.7 Å². The predicted octanol–water partition coefficient (Wildman–Crippen LogP) is 3.94. The van der Waals surface area contributed by atoms with Gasteiger partial charge in [0.25, 0.3) is 5.69 Å². The van der Waals surface area contributed by atoms with Crippen molar-refractivity contribution < 1.29 is 9.34 Å². The second-order valence-electron chi connectivity index (χ2n) is 6.59. The lowest BCUT2D eigenvalue weighted by Gasteiger charge is -2.35. The quantitative estimate of drug-likeness (QED) is 0.490. The molecule has 1 aromatic carbocycles. The van der Waals surface area contributed by atoms with Crippen molar-refractivity contribution in [2.75, 3.05) is 31.1 Å². The standard InChI is InChI=1S/C19H20N4O3S/c1-14-2-7-18(26-14)19-20-15(13-27-19)12-21-8-10-22(11-9-21)16-3-5-17(6-4-16)23(24)25/h2-7,13H,8-12H2,1H3. The summed E-state index contributed by atoms with van der Waals surface area (Å²) >= 11 is 1.61. The van der Waals surface area contributed by atoms with E-state index >= 15 is 0 Å². The number of aromatic nitrogens is 1. The van der Waals surface area contributed by atoms with Crippen LogP contribution in [0.25, 0.3) is 10.8 Å². The second-order valence-corrected chi connectivity index (χ2v) is 7.45. The average Bonchev–Trinajstić information content (AvgIpc) is 3.31. The fourth-order valence-electron chi connectivity index (χ4n) is 3.22. The van der Waals surface area contributed by atoms with Gasteiger partial charge in [0, 0.05) is 55.9 Å². The van der Waals surface area contributed by atoms with E-state index in [2.05, 4.69) is 15.2 Å². The van der Waals surface area contributed by atoms with E-state index in [1.807, 2.05) is 31.2 Å². The van der Waals surface area contributed by atoms with Crippen molar-refractivity contribution in [3.8, 4) is 10.8 Å². The lowest BCUT2D eigenvalue weighted by molar-refractivity contribution is -0.384. The van der Waals surface area contributed by atoms with E-state index in [1.54, 1.807) is 23.5 Å². The summed E-state index contributed by atoms with van der Waals surface area (Å²) in [4.78, 5) is 19.7. The summed E-state index contributed by atoms with van der Waals surface area (Å²) in [6.07, 6.45) is 0.